The van der Waals surface area contributed by atoms with Gasteiger partial charge in [0, 0.05) is 18.0 Å². The molecule has 5 heteroatoms. The predicted molar refractivity (Wildman–Crippen MR) is 85.1 cm³/mol. The number of anilines is 1. The minimum Gasteiger partial charge on any atom is -0.310 e. The van der Waals surface area contributed by atoms with E-state index in [9.17, 15) is 9.18 Å². The quantitative estimate of drug-likeness (QED) is 0.788. The maximum atomic E-state index is 14.2. The van der Waals surface area contributed by atoms with Gasteiger partial charge in [0.25, 0.3) is 0 Å². The first-order chi connectivity index (χ1) is 11.2. The molecule has 4 rings (SSSR count). The van der Waals surface area contributed by atoms with Gasteiger partial charge >= 0.3 is 0 Å². The van der Waals surface area contributed by atoms with E-state index < -0.39 is 0 Å². The van der Waals surface area contributed by atoms with Crippen LogP contribution >= 0.6 is 0 Å². The van der Waals surface area contributed by atoms with E-state index in [1.54, 1.807) is 24.5 Å². The van der Waals surface area contributed by atoms with Gasteiger partial charge in [-0.1, -0.05) is 36.4 Å². The van der Waals surface area contributed by atoms with Gasteiger partial charge in [-0.15, -0.1) is 0 Å². The van der Waals surface area contributed by atoms with Gasteiger partial charge in [-0.3, -0.25) is 9.36 Å². The number of fused-ring (bicyclic) bond motifs is 1. The highest BCUT2D eigenvalue weighted by molar-refractivity contribution is 5.94. The number of nitrogens with one attached hydrogen (secondary N) is 1. The lowest BCUT2D eigenvalue weighted by Crippen LogP contribution is -2.25. The molecule has 23 heavy (non-hydrogen) atoms. The summed E-state index contributed by atoms with van der Waals surface area (Å²) in [6.07, 6.45) is 1.86. The number of aromatic nitrogens is 2. The fourth-order valence-corrected chi connectivity index (χ4v) is 3.01. The van der Waals surface area contributed by atoms with Crippen LogP contribution in [0, 0.1) is 5.82 Å². The van der Waals surface area contributed by atoms with Crippen LogP contribution in [0.2, 0.25) is 0 Å². The second-order valence-corrected chi connectivity index (χ2v) is 5.51. The topological polar surface area (TPSA) is 46.9 Å². The molecule has 2 aromatic carbocycles. The molecule has 2 heterocycles. The predicted octanol–water partition coefficient (Wildman–Crippen LogP) is 3.49. The first-order valence-electron chi connectivity index (χ1n) is 7.41. The number of rotatable bonds is 2. The van der Waals surface area contributed by atoms with E-state index in [-0.39, 0.29) is 24.1 Å². The van der Waals surface area contributed by atoms with E-state index in [0.717, 1.165) is 5.69 Å². The zero-order valence-electron chi connectivity index (χ0n) is 12.2. The Bertz CT molecular complexity index is 873. The fourth-order valence-electron chi connectivity index (χ4n) is 3.01. The van der Waals surface area contributed by atoms with Crippen LogP contribution in [0.5, 0.6) is 0 Å². The molecule has 1 aliphatic heterocycles. The van der Waals surface area contributed by atoms with Crippen molar-refractivity contribution in [1.29, 1.82) is 0 Å². The molecule has 0 bridgehead atoms. The molecule has 0 saturated heterocycles. The van der Waals surface area contributed by atoms with Crippen LogP contribution in [0.1, 0.15) is 23.6 Å². The summed E-state index contributed by atoms with van der Waals surface area (Å²) in [7, 11) is 0. The molecule has 1 amide bonds. The molecule has 4 nitrogen and oxygen atoms in total. The zero-order chi connectivity index (χ0) is 15.8. The third-order valence-corrected chi connectivity index (χ3v) is 4.09. The van der Waals surface area contributed by atoms with Gasteiger partial charge in [0.05, 0.1) is 5.69 Å². The molecule has 1 N–H and O–H groups in total. The van der Waals surface area contributed by atoms with E-state index in [1.807, 2.05) is 34.9 Å². The number of amides is 1. The zero-order valence-corrected chi connectivity index (χ0v) is 12.2. The summed E-state index contributed by atoms with van der Waals surface area (Å²) in [4.78, 5) is 16.6. The smallest absolute Gasteiger partial charge is 0.226 e. The van der Waals surface area contributed by atoms with Crippen LogP contribution in [0.25, 0.3) is 5.69 Å². The normalized spacial score (nSPS) is 16.7. The monoisotopic (exact) mass is 307 g/mol. The van der Waals surface area contributed by atoms with Crippen molar-refractivity contribution >= 4 is 11.7 Å². The Morgan fingerprint density at radius 1 is 1.09 bits per heavy atom. The fraction of sp³-hybridized carbons (Fsp3) is 0.111. The van der Waals surface area contributed by atoms with E-state index >= 15 is 0 Å². The summed E-state index contributed by atoms with van der Waals surface area (Å²) in [5, 5.41) is 2.87. The maximum absolute atomic E-state index is 14.2. The maximum Gasteiger partial charge on any atom is 0.226 e. The van der Waals surface area contributed by atoms with Gasteiger partial charge < -0.3 is 5.32 Å². The van der Waals surface area contributed by atoms with Crippen molar-refractivity contribution in [2.45, 2.75) is 12.3 Å². The Morgan fingerprint density at radius 2 is 1.83 bits per heavy atom. The molecule has 0 saturated carbocycles. The van der Waals surface area contributed by atoms with Crippen LogP contribution in [0.4, 0.5) is 10.2 Å². The van der Waals surface area contributed by atoms with E-state index in [0.29, 0.717) is 17.1 Å². The Labute approximate surface area is 132 Å². The van der Waals surface area contributed by atoms with Crippen LogP contribution in [0.3, 0.4) is 0 Å². The van der Waals surface area contributed by atoms with Crippen molar-refractivity contribution in [1.82, 2.24) is 9.55 Å². The van der Waals surface area contributed by atoms with E-state index in [1.165, 1.54) is 6.07 Å². The minimum absolute atomic E-state index is 0.136. The van der Waals surface area contributed by atoms with Gasteiger partial charge in [-0.25, -0.2) is 9.37 Å². The molecule has 0 spiro atoms. The molecular weight excluding hydrogens is 293 g/mol. The van der Waals surface area contributed by atoms with Crippen LogP contribution in [-0.4, -0.2) is 15.5 Å². The number of nitrogens with zero attached hydrogens (tertiary/aromatic N) is 2. The number of benzene rings is 2. The van der Waals surface area contributed by atoms with Gasteiger partial charge in [-0.2, -0.15) is 0 Å². The van der Waals surface area contributed by atoms with Gasteiger partial charge in [-0.05, 0) is 23.8 Å². The van der Waals surface area contributed by atoms with E-state index in [4.69, 9.17) is 0 Å². The summed E-state index contributed by atoms with van der Waals surface area (Å²) >= 11 is 0. The summed E-state index contributed by atoms with van der Waals surface area (Å²) in [5.74, 6) is -0.207. The number of hydrogen-bond acceptors (Lipinski definition) is 2. The summed E-state index contributed by atoms with van der Waals surface area (Å²) in [6, 6.07) is 16.2. The first kappa shape index (κ1) is 13.7. The summed E-state index contributed by atoms with van der Waals surface area (Å²) < 4.78 is 16.0. The molecule has 0 fully saturated rings. The van der Waals surface area contributed by atoms with Crippen LogP contribution in [-0.2, 0) is 4.79 Å². The summed E-state index contributed by atoms with van der Waals surface area (Å²) in [5.41, 5.74) is 2.09. The van der Waals surface area contributed by atoms with Crippen molar-refractivity contribution < 1.29 is 9.18 Å². The van der Waals surface area contributed by atoms with E-state index in [2.05, 4.69) is 10.3 Å². The molecule has 3 aromatic rings. The van der Waals surface area contributed by atoms with Crippen molar-refractivity contribution in [2.75, 3.05) is 5.32 Å². The number of hydrogen-bond donors (Lipinski definition) is 1. The van der Waals surface area contributed by atoms with Crippen molar-refractivity contribution in [3.05, 3.63) is 78.0 Å². The van der Waals surface area contributed by atoms with Crippen molar-refractivity contribution in [3.63, 3.8) is 0 Å². The van der Waals surface area contributed by atoms with Gasteiger partial charge in [0.2, 0.25) is 5.91 Å². The Balaban J connectivity index is 1.85. The lowest BCUT2D eigenvalue weighted by atomic mass is 9.89. The van der Waals surface area contributed by atoms with Crippen LogP contribution < -0.4 is 5.32 Å². The third-order valence-electron chi connectivity index (χ3n) is 4.09. The molecule has 1 atom stereocenters. The highest BCUT2D eigenvalue weighted by Gasteiger charge is 2.32. The average molecular weight is 307 g/mol. The Kier molecular flexibility index (Phi) is 3.19. The second kappa shape index (κ2) is 5.35. The molecule has 1 aromatic heterocycles. The molecule has 1 unspecified atom stereocenters. The van der Waals surface area contributed by atoms with Crippen LogP contribution in [0.15, 0.2) is 60.9 Å². The minimum atomic E-state index is -0.370. The lowest BCUT2D eigenvalue weighted by Gasteiger charge is -2.23. The number of para-hydroxylation sites is 1. The molecular formula is C18H14FN3O. The Hall–Kier alpha value is -2.95. The Morgan fingerprint density at radius 3 is 2.61 bits per heavy atom. The van der Waals surface area contributed by atoms with Crippen molar-refractivity contribution in [3.8, 4) is 5.69 Å². The number of halogens is 1. The largest absolute Gasteiger partial charge is 0.310 e. The highest BCUT2D eigenvalue weighted by Crippen LogP contribution is 2.38. The standard InChI is InChI=1S/C18H14FN3O/c19-15-9-5-4-8-13(15)14-10-16(23)21-18-17(14)20-11-22(18)12-6-2-1-3-7-12/h1-9,11,14H,10H2,(H,21,23). The number of imidazole rings is 1. The number of carbonyl (C=O) groups is 1. The second-order valence-electron chi connectivity index (χ2n) is 5.51. The lowest BCUT2D eigenvalue weighted by molar-refractivity contribution is -0.116. The van der Waals surface area contributed by atoms with Gasteiger partial charge in [0.1, 0.15) is 18.0 Å². The molecule has 0 aliphatic carbocycles. The molecule has 0 radical (unpaired) electrons. The van der Waals surface area contributed by atoms with Crippen molar-refractivity contribution in [2.24, 2.45) is 0 Å². The average Bonchev–Trinajstić information content (AvgIpc) is 2.99. The molecule has 114 valence electrons. The third kappa shape index (κ3) is 2.30. The molecule has 1 aliphatic rings. The van der Waals surface area contributed by atoms with Gasteiger partial charge in [0.15, 0.2) is 0 Å². The highest BCUT2D eigenvalue weighted by atomic mass is 19.1. The SMILES string of the molecule is O=C1CC(c2ccccc2F)c2ncn(-c3ccccc3)c2N1. The first-order valence-corrected chi connectivity index (χ1v) is 7.41. The number of carbonyl (C=O) groups excluding carboxylic acids is 1. The summed E-state index contributed by atoms with van der Waals surface area (Å²) in [6.45, 7) is 0.